The number of hydrogen-bond acceptors (Lipinski definition) is 5. The van der Waals surface area contributed by atoms with E-state index in [0.29, 0.717) is 30.0 Å². The van der Waals surface area contributed by atoms with Crippen LogP contribution in [0.5, 0.6) is 0 Å². The number of halogens is 1. The molecule has 4 rings (SSSR count). The maximum Gasteiger partial charge on any atom is 0.294 e. The number of carbonyl (C=O) groups excluding carboxylic acids is 1. The van der Waals surface area contributed by atoms with Gasteiger partial charge in [0.1, 0.15) is 5.69 Å². The molecule has 1 aliphatic rings. The van der Waals surface area contributed by atoms with Crippen LogP contribution in [0.25, 0.3) is 11.3 Å². The molecule has 1 aromatic heterocycles. The molecule has 1 aliphatic heterocycles. The van der Waals surface area contributed by atoms with Crippen LogP contribution >= 0.6 is 27.3 Å². The maximum atomic E-state index is 11.9. The molecule has 0 N–H and O–H groups in total. The van der Waals surface area contributed by atoms with E-state index in [1.165, 1.54) is 17.4 Å². The zero-order chi connectivity index (χ0) is 21.8. The topological polar surface area (TPSA) is 80.7 Å². The minimum atomic E-state index is -0.411. The van der Waals surface area contributed by atoms with E-state index in [-0.39, 0.29) is 11.6 Å². The molecular weight excluding hydrogens is 480 g/mol. The number of carbonyl (C=O) groups is 1. The van der Waals surface area contributed by atoms with Crippen molar-refractivity contribution in [2.75, 3.05) is 13.1 Å². The molecule has 0 saturated carbocycles. The van der Waals surface area contributed by atoms with Crippen molar-refractivity contribution in [2.45, 2.75) is 25.8 Å². The van der Waals surface area contributed by atoms with Crippen molar-refractivity contribution < 1.29 is 9.72 Å². The Labute approximate surface area is 192 Å². The van der Waals surface area contributed by atoms with E-state index >= 15 is 0 Å². The van der Waals surface area contributed by atoms with Crippen LogP contribution in [0.3, 0.4) is 0 Å². The predicted molar refractivity (Wildman–Crippen MR) is 124 cm³/mol. The van der Waals surface area contributed by atoms with E-state index in [1.54, 1.807) is 18.2 Å². The average molecular weight is 501 g/mol. The van der Waals surface area contributed by atoms with Gasteiger partial charge in [-0.25, -0.2) is 4.99 Å². The number of amides is 1. The van der Waals surface area contributed by atoms with Crippen molar-refractivity contribution in [3.05, 3.63) is 73.3 Å². The second kappa shape index (κ2) is 9.57. The van der Waals surface area contributed by atoms with Gasteiger partial charge >= 0.3 is 0 Å². The fraction of sp³-hybridized carbons (Fsp3) is 0.273. The molecule has 0 spiro atoms. The number of nitro groups is 1. The van der Waals surface area contributed by atoms with Gasteiger partial charge in [-0.05, 0) is 36.6 Å². The lowest BCUT2D eigenvalue weighted by molar-refractivity contribution is -0.384. The lowest BCUT2D eigenvalue weighted by atomic mass is 10.2. The van der Waals surface area contributed by atoms with Crippen LogP contribution in [0, 0.1) is 10.1 Å². The van der Waals surface area contributed by atoms with Crippen LogP contribution in [0.4, 0.5) is 11.4 Å². The summed E-state index contributed by atoms with van der Waals surface area (Å²) in [5.74, 6) is 0.216. The Morgan fingerprint density at radius 2 is 1.90 bits per heavy atom. The molecule has 2 aromatic carbocycles. The Morgan fingerprint density at radius 3 is 2.61 bits per heavy atom. The zero-order valence-corrected chi connectivity index (χ0v) is 19.1. The van der Waals surface area contributed by atoms with Crippen molar-refractivity contribution in [3.63, 3.8) is 0 Å². The lowest BCUT2D eigenvalue weighted by Crippen LogP contribution is -2.27. The van der Waals surface area contributed by atoms with Crippen LogP contribution in [-0.4, -0.2) is 33.4 Å². The number of rotatable bonds is 7. The van der Waals surface area contributed by atoms with Gasteiger partial charge in [0.2, 0.25) is 5.91 Å². The minimum Gasteiger partial charge on any atom is -0.343 e. The third-order valence-electron chi connectivity index (χ3n) is 5.21. The minimum absolute atomic E-state index is 0.0182. The fourth-order valence-electron chi connectivity index (χ4n) is 3.66. The third-order valence-corrected chi connectivity index (χ3v) is 6.61. The molecule has 0 unspecified atom stereocenters. The Balaban J connectivity index is 1.70. The summed E-state index contributed by atoms with van der Waals surface area (Å²) in [6.45, 7) is 2.19. The van der Waals surface area contributed by atoms with Crippen LogP contribution in [0.1, 0.15) is 19.3 Å². The molecule has 7 nitrogen and oxygen atoms in total. The average Bonchev–Trinajstić information content (AvgIpc) is 3.35. The number of aromatic nitrogens is 1. The van der Waals surface area contributed by atoms with E-state index in [4.69, 9.17) is 0 Å². The summed E-state index contributed by atoms with van der Waals surface area (Å²) >= 11 is 4.92. The Bertz CT molecular complexity index is 1170. The van der Waals surface area contributed by atoms with Gasteiger partial charge in [0, 0.05) is 42.0 Å². The predicted octanol–water partition coefficient (Wildman–Crippen LogP) is 5.13. The highest BCUT2D eigenvalue weighted by atomic mass is 79.9. The molecule has 0 bridgehead atoms. The highest BCUT2D eigenvalue weighted by Crippen LogP contribution is 2.27. The first-order valence-electron chi connectivity index (χ1n) is 10.0. The smallest absolute Gasteiger partial charge is 0.294 e. The molecule has 2 heterocycles. The lowest BCUT2D eigenvalue weighted by Gasteiger charge is -2.16. The van der Waals surface area contributed by atoms with E-state index in [2.05, 4.69) is 25.5 Å². The number of benzene rings is 2. The van der Waals surface area contributed by atoms with Gasteiger partial charge in [-0.3, -0.25) is 14.9 Å². The number of hydrogen-bond donors (Lipinski definition) is 0. The Kier molecular flexibility index (Phi) is 6.62. The third kappa shape index (κ3) is 4.94. The van der Waals surface area contributed by atoms with Crippen molar-refractivity contribution in [2.24, 2.45) is 4.99 Å². The largest absolute Gasteiger partial charge is 0.343 e. The summed E-state index contributed by atoms with van der Waals surface area (Å²) in [6, 6.07) is 14.5. The molecule has 1 saturated heterocycles. The van der Waals surface area contributed by atoms with E-state index < -0.39 is 4.92 Å². The van der Waals surface area contributed by atoms with Crippen LogP contribution in [0.2, 0.25) is 0 Å². The van der Waals surface area contributed by atoms with Gasteiger partial charge in [-0.1, -0.05) is 40.2 Å². The van der Waals surface area contributed by atoms with E-state index in [1.807, 2.05) is 34.5 Å². The second-order valence-corrected chi connectivity index (χ2v) is 9.01. The summed E-state index contributed by atoms with van der Waals surface area (Å²) in [6.07, 6.45) is 2.34. The maximum absolute atomic E-state index is 11.9. The SMILES string of the molecule is O=C1CCCN1CCCn1c(-c2ccc(Br)cc2)csc1=Nc1ccccc1[N+](=O)[O-]. The molecule has 0 atom stereocenters. The Morgan fingerprint density at radius 1 is 1.13 bits per heavy atom. The van der Waals surface area contributed by atoms with Crippen LogP contribution < -0.4 is 4.80 Å². The monoisotopic (exact) mass is 500 g/mol. The summed E-state index contributed by atoms with van der Waals surface area (Å²) in [7, 11) is 0. The normalized spacial score (nSPS) is 14.4. The first kappa shape index (κ1) is 21.5. The van der Waals surface area contributed by atoms with Gasteiger partial charge in [-0.15, -0.1) is 11.3 Å². The zero-order valence-electron chi connectivity index (χ0n) is 16.7. The van der Waals surface area contributed by atoms with Crippen molar-refractivity contribution in [1.82, 2.24) is 9.47 Å². The van der Waals surface area contributed by atoms with Crippen molar-refractivity contribution in [1.29, 1.82) is 0 Å². The van der Waals surface area contributed by atoms with Gasteiger partial charge in [-0.2, -0.15) is 0 Å². The number of nitrogens with zero attached hydrogens (tertiary/aromatic N) is 4. The van der Waals surface area contributed by atoms with E-state index in [9.17, 15) is 14.9 Å². The molecule has 160 valence electrons. The molecule has 1 fully saturated rings. The molecule has 0 aliphatic carbocycles. The van der Waals surface area contributed by atoms with E-state index in [0.717, 1.165) is 35.1 Å². The first-order valence-corrected chi connectivity index (χ1v) is 11.7. The fourth-order valence-corrected chi connectivity index (χ4v) is 4.88. The number of para-hydroxylation sites is 2. The second-order valence-electron chi connectivity index (χ2n) is 7.26. The molecule has 31 heavy (non-hydrogen) atoms. The highest BCUT2D eigenvalue weighted by molar-refractivity contribution is 9.10. The molecule has 1 amide bonds. The van der Waals surface area contributed by atoms with Gasteiger partial charge in [0.05, 0.1) is 10.6 Å². The van der Waals surface area contributed by atoms with Crippen LogP contribution in [0.15, 0.2) is 63.4 Å². The van der Waals surface area contributed by atoms with Crippen molar-refractivity contribution in [3.8, 4) is 11.3 Å². The summed E-state index contributed by atoms with van der Waals surface area (Å²) in [4.78, 5) is 30.2. The number of likely N-dealkylation sites (tertiary alicyclic amines) is 1. The van der Waals surface area contributed by atoms with Crippen LogP contribution in [-0.2, 0) is 11.3 Å². The van der Waals surface area contributed by atoms with Crippen molar-refractivity contribution >= 4 is 44.5 Å². The van der Waals surface area contributed by atoms with Gasteiger partial charge < -0.3 is 9.47 Å². The Hall–Kier alpha value is -2.78. The molecule has 3 aromatic rings. The van der Waals surface area contributed by atoms with Gasteiger partial charge in [0.25, 0.3) is 5.69 Å². The quantitative estimate of drug-likeness (QED) is 0.333. The number of thiazole rings is 1. The number of nitro benzene ring substituents is 1. The first-order chi connectivity index (χ1) is 15.0. The summed E-state index contributed by atoms with van der Waals surface area (Å²) in [5, 5.41) is 13.4. The standard InChI is InChI=1S/C22H21BrN4O3S/c23-17-10-8-16(9-11-17)20-15-31-22(24-18-5-1-2-6-19(18)27(29)30)26(20)14-4-13-25-12-3-7-21(25)28/h1-2,5-6,8-11,15H,3-4,7,12-14H2. The van der Waals surface area contributed by atoms with Gasteiger partial charge in [0.15, 0.2) is 4.80 Å². The summed E-state index contributed by atoms with van der Waals surface area (Å²) in [5.41, 5.74) is 2.36. The molecule has 9 heteroatoms. The highest BCUT2D eigenvalue weighted by Gasteiger charge is 2.20. The molecular formula is C22H21BrN4O3S. The summed E-state index contributed by atoms with van der Waals surface area (Å²) < 4.78 is 3.08. The molecule has 0 radical (unpaired) electrons.